The number of aryl methyl sites for hydroxylation is 2. The molecule has 3 rings (SSSR count). The van der Waals surface area contributed by atoms with E-state index >= 15 is 0 Å². The van der Waals surface area contributed by atoms with E-state index in [2.05, 4.69) is 10.4 Å². The number of nitrogens with one attached hydrogen (secondary N) is 1. The number of anilines is 1. The van der Waals surface area contributed by atoms with Crippen molar-refractivity contribution < 1.29 is 13.2 Å². The largest absolute Gasteiger partial charge is 0.323 e. The van der Waals surface area contributed by atoms with E-state index in [1.807, 2.05) is 13.8 Å². The molecule has 2 amide bonds. The van der Waals surface area contributed by atoms with Gasteiger partial charge in [-0.25, -0.2) is 17.9 Å². The Bertz CT molecular complexity index is 694. The highest BCUT2D eigenvalue weighted by molar-refractivity contribution is 7.91. The van der Waals surface area contributed by atoms with E-state index in [1.54, 1.807) is 15.8 Å². The van der Waals surface area contributed by atoms with Crippen molar-refractivity contribution in [3.63, 3.8) is 0 Å². The van der Waals surface area contributed by atoms with Crippen LogP contribution in [0.4, 0.5) is 10.6 Å². The van der Waals surface area contributed by atoms with Crippen LogP contribution in [-0.2, 0) is 16.4 Å². The predicted molar refractivity (Wildman–Crippen MR) is 88.1 cm³/mol. The second-order valence-corrected chi connectivity index (χ2v) is 8.72. The molecule has 23 heavy (non-hydrogen) atoms. The van der Waals surface area contributed by atoms with Crippen LogP contribution in [0, 0.1) is 12.8 Å². The van der Waals surface area contributed by atoms with E-state index in [4.69, 9.17) is 0 Å². The van der Waals surface area contributed by atoms with Gasteiger partial charge in [0.1, 0.15) is 5.82 Å². The van der Waals surface area contributed by atoms with Crippen LogP contribution in [-0.4, -0.2) is 53.2 Å². The van der Waals surface area contributed by atoms with Gasteiger partial charge in [-0.1, -0.05) is 0 Å². The molecule has 1 aromatic rings. The summed E-state index contributed by atoms with van der Waals surface area (Å²) in [6.07, 6.45) is 4.25. The van der Waals surface area contributed by atoms with E-state index in [9.17, 15) is 13.2 Å². The van der Waals surface area contributed by atoms with Gasteiger partial charge in [-0.3, -0.25) is 5.32 Å². The Labute approximate surface area is 137 Å². The molecule has 1 N–H and O–H groups in total. The van der Waals surface area contributed by atoms with Crippen molar-refractivity contribution >= 4 is 21.7 Å². The molecular weight excluding hydrogens is 316 g/mol. The number of carbonyl (C=O) groups is 1. The zero-order valence-electron chi connectivity index (χ0n) is 13.7. The summed E-state index contributed by atoms with van der Waals surface area (Å²) in [5.41, 5.74) is 0.908. The maximum atomic E-state index is 12.8. The SMILES string of the molecule is CCn1ncc(C)c1NC(=O)N1CCCS(=O)(=O)CC1C1CC1. The highest BCUT2D eigenvalue weighted by Gasteiger charge is 2.41. The fraction of sp³-hybridized carbons (Fsp3) is 0.733. The molecule has 1 unspecified atom stereocenters. The molecule has 1 saturated heterocycles. The Hall–Kier alpha value is -1.57. The van der Waals surface area contributed by atoms with Crippen LogP contribution in [0.3, 0.4) is 0 Å². The summed E-state index contributed by atoms with van der Waals surface area (Å²) in [6.45, 7) is 5.03. The molecule has 2 heterocycles. The molecule has 2 aliphatic rings. The van der Waals surface area contributed by atoms with Gasteiger partial charge in [-0.2, -0.15) is 5.10 Å². The minimum atomic E-state index is -3.06. The summed E-state index contributed by atoms with van der Waals surface area (Å²) in [5.74, 6) is 1.29. The second-order valence-electron chi connectivity index (χ2n) is 6.49. The average Bonchev–Trinajstić information content (AvgIpc) is 3.28. The average molecular weight is 340 g/mol. The van der Waals surface area contributed by atoms with Crippen molar-refractivity contribution in [2.24, 2.45) is 5.92 Å². The molecule has 1 aliphatic carbocycles. The maximum Gasteiger partial charge on any atom is 0.323 e. The molecule has 1 aliphatic heterocycles. The van der Waals surface area contributed by atoms with E-state index in [-0.39, 0.29) is 23.6 Å². The number of rotatable bonds is 3. The fourth-order valence-electron chi connectivity index (χ4n) is 3.23. The Morgan fingerprint density at radius 1 is 1.43 bits per heavy atom. The number of amides is 2. The first-order chi connectivity index (χ1) is 10.9. The molecule has 7 nitrogen and oxygen atoms in total. The van der Waals surface area contributed by atoms with Crippen molar-refractivity contribution in [1.82, 2.24) is 14.7 Å². The van der Waals surface area contributed by atoms with Gasteiger partial charge >= 0.3 is 6.03 Å². The summed E-state index contributed by atoms with van der Waals surface area (Å²) in [7, 11) is -3.06. The number of carbonyl (C=O) groups excluding carboxylic acids is 1. The molecule has 0 radical (unpaired) electrons. The van der Waals surface area contributed by atoms with Crippen LogP contribution in [0.5, 0.6) is 0 Å². The van der Waals surface area contributed by atoms with Crippen LogP contribution >= 0.6 is 0 Å². The molecule has 0 aromatic carbocycles. The highest BCUT2D eigenvalue weighted by atomic mass is 32.2. The number of nitrogens with zero attached hydrogens (tertiary/aromatic N) is 3. The van der Waals surface area contributed by atoms with E-state index < -0.39 is 9.84 Å². The van der Waals surface area contributed by atoms with E-state index in [0.29, 0.717) is 31.2 Å². The standard InChI is InChI=1S/C15H24N4O3S/c1-3-19-14(11(2)9-16-19)17-15(20)18-7-4-8-23(21,22)10-13(18)12-5-6-12/h9,12-13H,3-8,10H2,1-2H3,(H,17,20). The van der Waals surface area contributed by atoms with Gasteiger partial charge in [0, 0.05) is 18.7 Å². The molecule has 1 atom stereocenters. The minimum absolute atomic E-state index is 0.0944. The molecule has 128 valence electrons. The summed E-state index contributed by atoms with van der Waals surface area (Å²) in [5, 5.41) is 7.17. The fourth-order valence-corrected chi connectivity index (χ4v) is 4.94. The van der Waals surface area contributed by atoms with Gasteiger partial charge in [0.2, 0.25) is 0 Å². The lowest BCUT2D eigenvalue weighted by Crippen LogP contribution is -2.46. The second kappa shape index (κ2) is 6.14. The summed E-state index contributed by atoms with van der Waals surface area (Å²) < 4.78 is 25.9. The van der Waals surface area contributed by atoms with Gasteiger partial charge in [-0.05, 0) is 39.0 Å². The first kappa shape index (κ1) is 16.3. The Balaban J connectivity index is 1.80. The number of urea groups is 1. The molecule has 0 spiro atoms. The van der Waals surface area contributed by atoms with Gasteiger partial charge in [0.15, 0.2) is 9.84 Å². The summed E-state index contributed by atoms with van der Waals surface area (Å²) >= 11 is 0. The Kier molecular flexibility index (Phi) is 4.35. The van der Waals surface area contributed by atoms with Crippen LogP contribution in [0.25, 0.3) is 0 Å². The third kappa shape index (κ3) is 3.52. The predicted octanol–water partition coefficient (Wildman–Crippen LogP) is 1.64. The number of hydrogen-bond donors (Lipinski definition) is 1. The first-order valence-electron chi connectivity index (χ1n) is 8.21. The topological polar surface area (TPSA) is 84.3 Å². The van der Waals surface area contributed by atoms with E-state index in [1.165, 1.54) is 0 Å². The Morgan fingerprint density at radius 2 is 2.17 bits per heavy atom. The van der Waals surface area contributed by atoms with Crippen molar-refractivity contribution in [1.29, 1.82) is 0 Å². The minimum Gasteiger partial charge on any atom is -0.320 e. The van der Waals surface area contributed by atoms with Crippen LogP contribution in [0.2, 0.25) is 0 Å². The molecule has 8 heteroatoms. The van der Waals surface area contributed by atoms with Crippen LogP contribution < -0.4 is 5.32 Å². The normalized spacial score (nSPS) is 24.3. The van der Waals surface area contributed by atoms with Crippen molar-refractivity contribution in [3.05, 3.63) is 11.8 Å². The lowest BCUT2D eigenvalue weighted by molar-refractivity contribution is 0.187. The van der Waals surface area contributed by atoms with Crippen molar-refractivity contribution in [2.75, 3.05) is 23.4 Å². The summed E-state index contributed by atoms with van der Waals surface area (Å²) in [4.78, 5) is 14.5. The van der Waals surface area contributed by atoms with Gasteiger partial charge < -0.3 is 4.90 Å². The summed E-state index contributed by atoms with van der Waals surface area (Å²) in [6, 6.07) is -0.405. The lowest BCUT2D eigenvalue weighted by Gasteiger charge is -2.29. The highest BCUT2D eigenvalue weighted by Crippen LogP contribution is 2.37. The van der Waals surface area contributed by atoms with Crippen LogP contribution in [0.15, 0.2) is 6.20 Å². The third-order valence-corrected chi connectivity index (χ3v) is 6.41. The molecule has 2 fully saturated rings. The lowest BCUT2D eigenvalue weighted by atomic mass is 10.2. The van der Waals surface area contributed by atoms with Crippen molar-refractivity contribution in [3.8, 4) is 0 Å². The first-order valence-corrected chi connectivity index (χ1v) is 10.0. The molecule has 1 saturated carbocycles. The van der Waals surface area contributed by atoms with Gasteiger partial charge in [-0.15, -0.1) is 0 Å². The molecule has 1 aromatic heterocycles. The zero-order chi connectivity index (χ0) is 16.6. The smallest absolute Gasteiger partial charge is 0.320 e. The quantitative estimate of drug-likeness (QED) is 0.906. The maximum absolute atomic E-state index is 12.8. The van der Waals surface area contributed by atoms with E-state index in [0.717, 1.165) is 18.4 Å². The number of sulfone groups is 1. The molecular formula is C15H24N4O3S. The van der Waals surface area contributed by atoms with Gasteiger partial charge in [0.05, 0.1) is 23.7 Å². The zero-order valence-corrected chi connectivity index (χ0v) is 14.5. The Morgan fingerprint density at radius 3 is 2.83 bits per heavy atom. The van der Waals surface area contributed by atoms with Crippen LogP contribution in [0.1, 0.15) is 31.7 Å². The van der Waals surface area contributed by atoms with Crippen molar-refractivity contribution in [2.45, 2.75) is 45.7 Å². The number of aromatic nitrogens is 2. The number of hydrogen-bond acceptors (Lipinski definition) is 4. The monoisotopic (exact) mass is 340 g/mol. The third-order valence-electron chi connectivity index (χ3n) is 4.65. The molecule has 0 bridgehead atoms. The van der Waals surface area contributed by atoms with Gasteiger partial charge in [0.25, 0.3) is 0 Å².